The van der Waals surface area contributed by atoms with Crippen LogP contribution in [0.1, 0.15) is 22.6 Å². The molecule has 2 aliphatic heterocycles. The molecule has 19 heavy (non-hydrogen) atoms. The second-order valence-electron chi connectivity index (χ2n) is 5.79. The van der Waals surface area contributed by atoms with E-state index in [0.717, 1.165) is 35.7 Å². The highest BCUT2D eigenvalue weighted by atomic mass is 32.2. The zero-order valence-corrected chi connectivity index (χ0v) is 13.0. The molecule has 3 rings (SSSR count). The molecule has 1 aromatic heterocycles. The van der Waals surface area contributed by atoms with Gasteiger partial charge in [0.05, 0.1) is 4.90 Å². The molecule has 1 N–H and O–H groups in total. The molecule has 1 unspecified atom stereocenters. The standard InChI is InChI=1S/C13H20N2O2S2/c1-10-7-12(11(2)18-10)19(16,17)15-6-4-13(9-15)3-5-14-8-13/h7,14H,3-6,8-9H2,1-2H3. The highest BCUT2D eigenvalue weighted by molar-refractivity contribution is 7.89. The molecule has 0 aliphatic carbocycles. The van der Waals surface area contributed by atoms with Gasteiger partial charge in [-0.05, 0) is 44.7 Å². The summed E-state index contributed by atoms with van der Waals surface area (Å²) in [6, 6.07) is 1.81. The Hall–Kier alpha value is -0.430. The van der Waals surface area contributed by atoms with Crippen molar-refractivity contribution in [1.29, 1.82) is 0 Å². The summed E-state index contributed by atoms with van der Waals surface area (Å²) in [4.78, 5) is 2.48. The molecule has 1 aromatic rings. The first kappa shape index (κ1) is 13.5. The summed E-state index contributed by atoms with van der Waals surface area (Å²) in [5, 5.41) is 3.36. The Balaban J connectivity index is 1.88. The van der Waals surface area contributed by atoms with Gasteiger partial charge in [-0.15, -0.1) is 11.3 Å². The molecule has 0 amide bonds. The van der Waals surface area contributed by atoms with E-state index in [9.17, 15) is 8.42 Å². The van der Waals surface area contributed by atoms with E-state index in [1.54, 1.807) is 15.6 Å². The number of sulfonamides is 1. The summed E-state index contributed by atoms with van der Waals surface area (Å²) in [5.41, 5.74) is 0.187. The predicted molar refractivity (Wildman–Crippen MR) is 77.1 cm³/mol. The van der Waals surface area contributed by atoms with Crippen molar-refractivity contribution in [2.45, 2.75) is 31.6 Å². The molecule has 2 aliphatic rings. The predicted octanol–water partition coefficient (Wildman–Crippen LogP) is 1.74. The van der Waals surface area contributed by atoms with Crippen LogP contribution >= 0.6 is 11.3 Å². The fourth-order valence-corrected chi connectivity index (χ4v) is 6.32. The highest BCUT2D eigenvalue weighted by Gasteiger charge is 2.44. The van der Waals surface area contributed by atoms with E-state index in [1.165, 1.54) is 0 Å². The van der Waals surface area contributed by atoms with Crippen molar-refractivity contribution in [2.24, 2.45) is 5.41 Å². The summed E-state index contributed by atoms with van der Waals surface area (Å²) in [5.74, 6) is 0. The van der Waals surface area contributed by atoms with Gasteiger partial charge in [0.25, 0.3) is 0 Å². The molecular weight excluding hydrogens is 280 g/mol. The summed E-state index contributed by atoms with van der Waals surface area (Å²) < 4.78 is 27.1. The van der Waals surface area contributed by atoms with Crippen LogP contribution in [0.3, 0.4) is 0 Å². The van der Waals surface area contributed by atoms with Gasteiger partial charge in [0.15, 0.2) is 0 Å². The summed E-state index contributed by atoms with van der Waals surface area (Å²) in [6.45, 7) is 7.18. The lowest BCUT2D eigenvalue weighted by atomic mass is 9.87. The average Bonchev–Trinajstić information content (AvgIpc) is 3.03. The summed E-state index contributed by atoms with van der Waals surface area (Å²) in [7, 11) is -3.30. The topological polar surface area (TPSA) is 49.4 Å². The van der Waals surface area contributed by atoms with Crippen molar-refractivity contribution in [1.82, 2.24) is 9.62 Å². The molecule has 2 saturated heterocycles. The van der Waals surface area contributed by atoms with Gasteiger partial charge in [-0.2, -0.15) is 4.31 Å². The smallest absolute Gasteiger partial charge is 0.244 e. The zero-order chi connectivity index (χ0) is 13.7. The van der Waals surface area contributed by atoms with E-state index in [-0.39, 0.29) is 5.41 Å². The maximum Gasteiger partial charge on any atom is 0.244 e. The Bertz CT molecular complexity index is 586. The van der Waals surface area contributed by atoms with Crippen molar-refractivity contribution in [3.05, 3.63) is 15.8 Å². The molecule has 0 bridgehead atoms. The molecule has 2 fully saturated rings. The van der Waals surface area contributed by atoms with Crippen LogP contribution < -0.4 is 5.32 Å². The highest BCUT2D eigenvalue weighted by Crippen LogP contribution is 2.39. The largest absolute Gasteiger partial charge is 0.316 e. The van der Waals surface area contributed by atoms with E-state index < -0.39 is 10.0 Å². The molecule has 0 aromatic carbocycles. The Labute approximate surface area is 118 Å². The van der Waals surface area contributed by atoms with Crippen LogP contribution in [0.25, 0.3) is 0 Å². The number of hydrogen-bond acceptors (Lipinski definition) is 4. The van der Waals surface area contributed by atoms with Gasteiger partial charge in [0.2, 0.25) is 10.0 Å². The van der Waals surface area contributed by atoms with E-state index >= 15 is 0 Å². The summed E-state index contributed by atoms with van der Waals surface area (Å²) >= 11 is 1.56. The molecule has 4 nitrogen and oxygen atoms in total. The number of rotatable bonds is 2. The molecule has 6 heteroatoms. The molecule has 1 atom stereocenters. The van der Waals surface area contributed by atoms with Crippen LogP contribution in [0.2, 0.25) is 0 Å². The number of thiophene rings is 1. The van der Waals surface area contributed by atoms with Crippen LogP contribution in [-0.4, -0.2) is 38.9 Å². The van der Waals surface area contributed by atoms with Crippen LogP contribution in [0.5, 0.6) is 0 Å². The first-order valence-corrected chi connectivity index (χ1v) is 8.97. The molecule has 0 radical (unpaired) electrons. The molecule has 3 heterocycles. The van der Waals surface area contributed by atoms with E-state index in [4.69, 9.17) is 0 Å². The van der Waals surface area contributed by atoms with Gasteiger partial charge in [-0.3, -0.25) is 0 Å². The lowest BCUT2D eigenvalue weighted by molar-refractivity contribution is 0.338. The lowest BCUT2D eigenvalue weighted by Gasteiger charge is -2.22. The minimum absolute atomic E-state index is 0.187. The van der Waals surface area contributed by atoms with Gasteiger partial charge in [-0.25, -0.2) is 8.42 Å². The lowest BCUT2D eigenvalue weighted by Crippen LogP contribution is -2.33. The fourth-order valence-electron chi connectivity index (χ4n) is 3.25. The minimum atomic E-state index is -3.30. The second kappa shape index (κ2) is 4.55. The monoisotopic (exact) mass is 300 g/mol. The van der Waals surface area contributed by atoms with E-state index in [2.05, 4.69) is 5.32 Å². The minimum Gasteiger partial charge on any atom is -0.316 e. The number of nitrogens with one attached hydrogen (secondary N) is 1. The van der Waals surface area contributed by atoms with E-state index in [1.807, 2.05) is 19.9 Å². The zero-order valence-electron chi connectivity index (χ0n) is 11.4. The Morgan fingerprint density at radius 2 is 2.16 bits per heavy atom. The van der Waals surface area contributed by atoms with Crippen LogP contribution in [0, 0.1) is 19.3 Å². The number of hydrogen-bond donors (Lipinski definition) is 1. The first-order valence-electron chi connectivity index (χ1n) is 6.71. The maximum absolute atomic E-state index is 12.7. The third-order valence-electron chi connectivity index (χ3n) is 4.35. The molecular formula is C13H20N2O2S2. The Kier molecular flexibility index (Phi) is 3.24. The van der Waals surface area contributed by atoms with Gasteiger partial charge >= 0.3 is 0 Å². The molecule has 1 spiro atoms. The van der Waals surface area contributed by atoms with Gasteiger partial charge in [0, 0.05) is 29.4 Å². The normalized spacial score (nSPS) is 28.5. The van der Waals surface area contributed by atoms with Crippen LogP contribution in [0.4, 0.5) is 0 Å². The Morgan fingerprint density at radius 3 is 2.74 bits per heavy atom. The average molecular weight is 300 g/mol. The van der Waals surface area contributed by atoms with Crippen molar-refractivity contribution in [3.8, 4) is 0 Å². The van der Waals surface area contributed by atoms with Crippen molar-refractivity contribution in [3.63, 3.8) is 0 Å². The van der Waals surface area contributed by atoms with Crippen molar-refractivity contribution in [2.75, 3.05) is 26.2 Å². The number of aryl methyl sites for hydroxylation is 2. The fraction of sp³-hybridized carbons (Fsp3) is 0.692. The third kappa shape index (κ3) is 2.24. The maximum atomic E-state index is 12.7. The second-order valence-corrected chi connectivity index (χ2v) is 9.16. The van der Waals surface area contributed by atoms with Gasteiger partial charge in [0.1, 0.15) is 0 Å². The van der Waals surface area contributed by atoms with Crippen LogP contribution in [-0.2, 0) is 10.0 Å². The van der Waals surface area contributed by atoms with E-state index in [0.29, 0.717) is 18.0 Å². The van der Waals surface area contributed by atoms with Crippen LogP contribution in [0.15, 0.2) is 11.0 Å². The Morgan fingerprint density at radius 1 is 1.37 bits per heavy atom. The van der Waals surface area contributed by atoms with Crippen molar-refractivity contribution >= 4 is 21.4 Å². The summed E-state index contributed by atoms with van der Waals surface area (Å²) in [6.07, 6.45) is 2.09. The molecule has 106 valence electrons. The first-order chi connectivity index (χ1) is 8.93. The van der Waals surface area contributed by atoms with Crippen molar-refractivity contribution < 1.29 is 8.42 Å². The third-order valence-corrected chi connectivity index (χ3v) is 7.42. The van der Waals surface area contributed by atoms with Gasteiger partial charge in [-0.1, -0.05) is 0 Å². The quantitative estimate of drug-likeness (QED) is 0.905. The van der Waals surface area contributed by atoms with Gasteiger partial charge < -0.3 is 5.32 Å². The SMILES string of the molecule is Cc1cc(S(=O)(=O)N2CCC3(CCNC3)C2)c(C)s1. The number of nitrogens with zero attached hydrogens (tertiary/aromatic N) is 1. The molecule has 0 saturated carbocycles.